The van der Waals surface area contributed by atoms with E-state index < -0.39 is 6.03 Å². The van der Waals surface area contributed by atoms with Crippen LogP contribution < -0.4 is 10.6 Å². The number of aryl methyl sites for hydroxylation is 1. The summed E-state index contributed by atoms with van der Waals surface area (Å²) in [5.41, 5.74) is 7.28. The number of likely N-dealkylation sites (N-methyl/N-ethyl adjacent to an activating group) is 1. The molecule has 2 rings (SSSR count). The molecule has 1 heterocycles. The zero-order valence-corrected chi connectivity index (χ0v) is 11.3. The highest BCUT2D eigenvalue weighted by molar-refractivity contribution is 5.97. The molecule has 0 spiro atoms. The second kappa shape index (κ2) is 5.30. The van der Waals surface area contributed by atoms with Crippen molar-refractivity contribution < 1.29 is 9.59 Å². The van der Waals surface area contributed by atoms with Gasteiger partial charge in [0, 0.05) is 18.8 Å². The number of nitrogens with zero attached hydrogens (tertiary/aromatic N) is 2. The molecule has 5 nitrogen and oxygen atoms in total. The molecule has 1 atom stereocenters. The second-order valence-electron chi connectivity index (χ2n) is 4.97. The minimum atomic E-state index is -0.591. The molecule has 0 saturated heterocycles. The maximum Gasteiger partial charge on any atom is 0.314 e. The molecule has 102 valence electrons. The fraction of sp³-hybridized carbons (Fsp3) is 0.429. The number of nitrogens with two attached hydrogens (primary N) is 1. The summed E-state index contributed by atoms with van der Waals surface area (Å²) in [6.07, 6.45) is 1.91. The zero-order valence-electron chi connectivity index (χ0n) is 11.3. The molecule has 0 saturated carbocycles. The maximum absolute atomic E-state index is 12.4. The van der Waals surface area contributed by atoms with Gasteiger partial charge in [-0.3, -0.25) is 4.79 Å². The largest absolute Gasteiger partial charge is 0.351 e. The zero-order chi connectivity index (χ0) is 14.0. The van der Waals surface area contributed by atoms with Gasteiger partial charge in [0.05, 0.1) is 0 Å². The normalized spacial score (nSPS) is 17.8. The minimum Gasteiger partial charge on any atom is -0.351 e. The molecule has 0 aromatic heterocycles. The molecule has 1 aliphatic heterocycles. The van der Waals surface area contributed by atoms with Crippen LogP contribution in [0, 0.1) is 0 Å². The molecule has 2 N–H and O–H groups in total. The molecule has 0 fully saturated rings. The van der Waals surface area contributed by atoms with Crippen molar-refractivity contribution in [3.8, 4) is 0 Å². The first-order chi connectivity index (χ1) is 9.00. The summed E-state index contributed by atoms with van der Waals surface area (Å²) >= 11 is 0. The van der Waals surface area contributed by atoms with Crippen molar-refractivity contribution in [1.82, 2.24) is 4.90 Å². The molecule has 1 aromatic rings. The number of carbonyl (C=O) groups excluding carboxylic acids is 2. The van der Waals surface area contributed by atoms with Crippen molar-refractivity contribution in [2.45, 2.75) is 25.8 Å². The van der Waals surface area contributed by atoms with E-state index in [-0.39, 0.29) is 18.5 Å². The lowest BCUT2D eigenvalue weighted by Gasteiger charge is -2.36. The van der Waals surface area contributed by atoms with Gasteiger partial charge in [-0.25, -0.2) is 4.79 Å². The van der Waals surface area contributed by atoms with Gasteiger partial charge >= 0.3 is 6.03 Å². The highest BCUT2D eigenvalue weighted by Gasteiger charge is 2.28. The van der Waals surface area contributed by atoms with E-state index in [2.05, 4.69) is 0 Å². The Morgan fingerprint density at radius 2 is 2.11 bits per heavy atom. The van der Waals surface area contributed by atoms with Gasteiger partial charge in [0.15, 0.2) is 0 Å². The molecular weight excluding hydrogens is 242 g/mol. The van der Waals surface area contributed by atoms with Gasteiger partial charge in [-0.2, -0.15) is 0 Å². The van der Waals surface area contributed by atoms with E-state index in [0.29, 0.717) is 0 Å². The molecule has 0 radical (unpaired) electrons. The Bertz CT molecular complexity index is 501. The van der Waals surface area contributed by atoms with Crippen LogP contribution in [-0.2, 0) is 11.2 Å². The molecule has 5 heteroatoms. The molecule has 0 bridgehead atoms. The second-order valence-corrected chi connectivity index (χ2v) is 4.97. The number of benzene rings is 1. The summed E-state index contributed by atoms with van der Waals surface area (Å²) in [7, 11) is 1.53. The number of fused-ring (bicyclic) bond motifs is 1. The van der Waals surface area contributed by atoms with E-state index in [0.717, 1.165) is 18.5 Å². The quantitative estimate of drug-likeness (QED) is 0.873. The standard InChI is InChI=1S/C14H19N3O2/c1-10-7-8-11-5-3-4-6-12(11)17(10)13(18)9-16(2)14(15)19/h3-6,10H,7-9H2,1-2H3,(H2,15,19)/t10-/m0/s1. The van der Waals surface area contributed by atoms with Crippen molar-refractivity contribution in [1.29, 1.82) is 0 Å². The SMILES string of the molecule is C[C@H]1CCc2ccccc2N1C(=O)CN(C)C(N)=O. The lowest BCUT2D eigenvalue weighted by atomic mass is 9.96. The van der Waals surface area contributed by atoms with E-state index in [9.17, 15) is 9.59 Å². The van der Waals surface area contributed by atoms with Gasteiger partial charge in [-0.05, 0) is 31.4 Å². The predicted molar refractivity (Wildman–Crippen MR) is 73.9 cm³/mol. The molecule has 1 aliphatic rings. The summed E-state index contributed by atoms with van der Waals surface area (Å²) in [4.78, 5) is 26.4. The Labute approximate surface area is 113 Å². The van der Waals surface area contributed by atoms with Crippen molar-refractivity contribution in [3.05, 3.63) is 29.8 Å². The Balaban J connectivity index is 2.23. The van der Waals surface area contributed by atoms with Crippen molar-refractivity contribution in [2.75, 3.05) is 18.5 Å². The summed E-state index contributed by atoms with van der Waals surface area (Å²) in [5.74, 6) is -0.0963. The van der Waals surface area contributed by atoms with Gasteiger partial charge in [0.2, 0.25) is 5.91 Å². The van der Waals surface area contributed by atoms with Gasteiger partial charge < -0.3 is 15.5 Å². The van der Waals surface area contributed by atoms with E-state index >= 15 is 0 Å². The Morgan fingerprint density at radius 3 is 2.79 bits per heavy atom. The first kappa shape index (κ1) is 13.4. The molecule has 19 heavy (non-hydrogen) atoms. The molecule has 0 unspecified atom stereocenters. The summed E-state index contributed by atoms with van der Waals surface area (Å²) in [6, 6.07) is 7.45. The Hall–Kier alpha value is -2.04. The van der Waals surface area contributed by atoms with E-state index in [1.54, 1.807) is 4.90 Å². The minimum absolute atomic E-state index is 0.00794. The van der Waals surface area contributed by atoms with Crippen LogP contribution in [0.1, 0.15) is 18.9 Å². The van der Waals surface area contributed by atoms with Gasteiger partial charge in [0.1, 0.15) is 6.54 Å². The lowest BCUT2D eigenvalue weighted by Crippen LogP contribution is -2.48. The van der Waals surface area contributed by atoms with E-state index in [1.807, 2.05) is 31.2 Å². The fourth-order valence-corrected chi connectivity index (χ4v) is 2.43. The number of urea groups is 1. The number of carbonyl (C=O) groups is 2. The topological polar surface area (TPSA) is 66.6 Å². The molecule has 0 aliphatic carbocycles. The van der Waals surface area contributed by atoms with E-state index in [4.69, 9.17) is 5.73 Å². The maximum atomic E-state index is 12.4. The van der Waals surface area contributed by atoms with Crippen LogP contribution in [-0.4, -0.2) is 36.5 Å². The number of hydrogen-bond acceptors (Lipinski definition) is 2. The number of rotatable bonds is 2. The summed E-state index contributed by atoms with van der Waals surface area (Å²) < 4.78 is 0. The Kier molecular flexibility index (Phi) is 3.74. The molecular formula is C14H19N3O2. The number of para-hydroxylation sites is 1. The number of hydrogen-bond donors (Lipinski definition) is 1. The Morgan fingerprint density at radius 1 is 1.42 bits per heavy atom. The molecule has 3 amide bonds. The first-order valence-electron chi connectivity index (χ1n) is 6.41. The van der Waals surface area contributed by atoms with Gasteiger partial charge in [0.25, 0.3) is 0 Å². The van der Waals surface area contributed by atoms with Crippen LogP contribution in [0.15, 0.2) is 24.3 Å². The monoisotopic (exact) mass is 261 g/mol. The third-order valence-electron chi connectivity index (χ3n) is 3.54. The number of amides is 3. The van der Waals surface area contributed by atoms with Crippen LogP contribution in [0.3, 0.4) is 0 Å². The van der Waals surface area contributed by atoms with Crippen molar-refractivity contribution >= 4 is 17.6 Å². The van der Waals surface area contributed by atoms with Gasteiger partial charge in [-0.15, -0.1) is 0 Å². The number of anilines is 1. The number of primary amides is 1. The van der Waals surface area contributed by atoms with Crippen molar-refractivity contribution in [3.63, 3.8) is 0 Å². The fourth-order valence-electron chi connectivity index (χ4n) is 2.43. The highest BCUT2D eigenvalue weighted by Crippen LogP contribution is 2.30. The third kappa shape index (κ3) is 2.70. The summed E-state index contributed by atoms with van der Waals surface area (Å²) in [5, 5.41) is 0. The average molecular weight is 261 g/mol. The van der Waals surface area contributed by atoms with Crippen LogP contribution in [0.25, 0.3) is 0 Å². The van der Waals surface area contributed by atoms with Crippen LogP contribution in [0.2, 0.25) is 0 Å². The smallest absolute Gasteiger partial charge is 0.314 e. The average Bonchev–Trinajstić information content (AvgIpc) is 2.38. The van der Waals surface area contributed by atoms with Gasteiger partial charge in [-0.1, -0.05) is 18.2 Å². The van der Waals surface area contributed by atoms with Crippen molar-refractivity contribution in [2.24, 2.45) is 5.73 Å². The summed E-state index contributed by atoms with van der Waals surface area (Å²) in [6.45, 7) is 2.03. The van der Waals surface area contributed by atoms with Crippen LogP contribution in [0.4, 0.5) is 10.5 Å². The third-order valence-corrected chi connectivity index (χ3v) is 3.54. The first-order valence-corrected chi connectivity index (χ1v) is 6.41. The lowest BCUT2D eigenvalue weighted by molar-refractivity contribution is -0.119. The van der Waals surface area contributed by atoms with Crippen LogP contribution in [0.5, 0.6) is 0 Å². The molecule has 1 aromatic carbocycles. The predicted octanol–water partition coefficient (Wildman–Crippen LogP) is 1.36. The van der Waals surface area contributed by atoms with Crippen LogP contribution >= 0.6 is 0 Å². The highest BCUT2D eigenvalue weighted by atomic mass is 16.2. The van der Waals surface area contributed by atoms with E-state index in [1.165, 1.54) is 17.5 Å².